The van der Waals surface area contributed by atoms with Crippen molar-refractivity contribution in [3.05, 3.63) is 163 Å². The minimum atomic E-state index is -0.261. The van der Waals surface area contributed by atoms with Crippen molar-refractivity contribution in [2.75, 3.05) is 0 Å². The summed E-state index contributed by atoms with van der Waals surface area (Å²) < 4.78 is 5.14. The second kappa shape index (κ2) is 9.14. The van der Waals surface area contributed by atoms with Gasteiger partial charge in [-0.15, -0.1) is 0 Å². The molecule has 0 N–H and O–H groups in total. The summed E-state index contributed by atoms with van der Waals surface area (Å²) in [6.45, 7) is 5.09. The fourth-order valence-corrected chi connectivity index (χ4v) is 10.2. The van der Waals surface area contributed by atoms with Crippen LogP contribution in [0.2, 0.25) is 0 Å². The smallest absolute Gasteiger partial charge is 0.247 e. The summed E-state index contributed by atoms with van der Waals surface area (Å²) in [6.07, 6.45) is 0. The Morgan fingerprint density at radius 2 is 1.12 bits per heavy atom. The molecule has 2 aliphatic rings. The van der Waals surface area contributed by atoms with E-state index in [4.69, 9.17) is 0 Å². The van der Waals surface area contributed by atoms with Gasteiger partial charge in [0.05, 0.1) is 16.7 Å². The molecule has 0 unspecified atom stereocenters. The van der Waals surface area contributed by atoms with Crippen LogP contribution in [0.25, 0.3) is 77.1 Å². The monoisotopic (exact) mass is 634 g/mol. The van der Waals surface area contributed by atoms with Crippen LogP contribution in [0.5, 0.6) is 0 Å². The molecular formula is C47H31BN2. The molecule has 0 saturated carbocycles. The van der Waals surface area contributed by atoms with E-state index in [0.717, 1.165) is 0 Å². The van der Waals surface area contributed by atoms with Crippen LogP contribution in [0.15, 0.2) is 152 Å². The van der Waals surface area contributed by atoms with E-state index in [0.29, 0.717) is 0 Å². The Bertz CT molecular complexity index is 3040. The largest absolute Gasteiger partial charge is 0.309 e. The molecule has 5 heterocycles. The van der Waals surface area contributed by atoms with E-state index in [9.17, 15) is 0 Å². The van der Waals surface area contributed by atoms with Crippen molar-refractivity contribution in [2.24, 2.45) is 0 Å². The highest BCUT2D eigenvalue weighted by molar-refractivity contribution is 7.00. The van der Waals surface area contributed by atoms with Gasteiger partial charge in [0.1, 0.15) is 0 Å². The minimum Gasteiger partial charge on any atom is -0.309 e. The maximum absolute atomic E-state index is 2.62. The predicted octanol–water partition coefficient (Wildman–Crippen LogP) is 9.58. The third kappa shape index (κ3) is 3.05. The van der Waals surface area contributed by atoms with Gasteiger partial charge in [-0.3, -0.25) is 0 Å². The Balaban J connectivity index is 1.30. The Morgan fingerprint density at radius 1 is 0.500 bits per heavy atom. The van der Waals surface area contributed by atoms with Crippen LogP contribution in [0, 0.1) is 0 Å². The summed E-state index contributed by atoms with van der Waals surface area (Å²) >= 11 is 0. The maximum atomic E-state index is 2.62. The van der Waals surface area contributed by atoms with Crippen LogP contribution < -0.4 is 16.4 Å². The molecule has 0 radical (unpaired) electrons. The zero-order valence-electron chi connectivity index (χ0n) is 27.9. The summed E-state index contributed by atoms with van der Waals surface area (Å²) in [4.78, 5) is 0. The van der Waals surface area contributed by atoms with Crippen molar-refractivity contribution >= 4 is 72.1 Å². The molecule has 0 spiro atoms. The first-order chi connectivity index (χ1) is 24.6. The van der Waals surface area contributed by atoms with Crippen molar-refractivity contribution in [1.82, 2.24) is 8.97 Å². The molecule has 3 aromatic heterocycles. The molecule has 0 fully saturated rings. The topological polar surface area (TPSA) is 9.34 Å². The van der Waals surface area contributed by atoms with Gasteiger partial charge in [-0.2, -0.15) is 0 Å². The van der Waals surface area contributed by atoms with Gasteiger partial charge in [0.15, 0.2) is 0 Å². The number of hydrogen-bond donors (Lipinski definition) is 0. The Morgan fingerprint density at radius 3 is 1.84 bits per heavy atom. The van der Waals surface area contributed by atoms with Crippen molar-refractivity contribution in [2.45, 2.75) is 19.3 Å². The number of hydrogen-bond acceptors (Lipinski definition) is 0. The zero-order chi connectivity index (χ0) is 32.9. The molecule has 0 amide bonds. The molecule has 50 heavy (non-hydrogen) atoms. The molecule has 0 aliphatic carbocycles. The molecule has 3 heteroatoms. The van der Waals surface area contributed by atoms with E-state index in [1.165, 1.54) is 105 Å². The summed E-state index contributed by atoms with van der Waals surface area (Å²) in [6, 6.07) is 56.7. The van der Waals surface area contributed by atoms with Gasteiger partial charge in [-0.05, 0) is 51.4 Å². The van der Waals surface area contributed by atoms with Crippen LogP contribution >= 0.6 is 0 Å². The van der Waals surface area contributed by atoms with E-state index in [1.807, 2.05) is 0 Å². The molecule has 2 aliphatic heterocycles. The lowest BCUT2D eigenvalue weighted by Gasteiger charge is -2.41. The number of nitrogens with zero attached hydrogens (tertiary/aromatic N) is 2. The summed E-state index contributed by atoms with van der Waals surface area (Å²) in [7, 11) is 0. The molecule has 12 rings (SSSR count). The Hall–Kier alpha value is -6.06. The molecule has 232 valence electrons. The second-order valence-corrected chi connectivity index (χ2v) is 14.8. The lowest BCUT2D eigenvalue weighted by atomic mass is 9.30. The first-order valence-electron chi connectivity index (χ1n) is 17.7. The SMILES string of the molecule is CC1(C)c2ccc3c4cccc5c6cccc7c6n(c3c2B7c2ccc3c(c(-c6ccccc6)c(-c6ccccc6)n3-c3ccccc3)c21)c54. The average Bonchev–Trinajstić information content (AvgIpc) is 3.82. The molecular weight excluding hydrogens is 603 g/mol. The molecule has 7 aromatic carbocycles. The van der Waals surface area contributed by atoms with Gasteiger partial charge in [0.2, 0.25) is 6.71 Å². The van der Waals surface area contributed by atoms with Crippen molar-refractivity contribution in [3.63, 3.8) is 0 Å². The van der Waals surface area contributed by atoms with Gasteiger partial charge in [0.25, 0.3) is 0 Å². The molecule has 0 saturated heterocycles. The van der Waals surface area contributed by atoms with E-state index in [-0.39, 0.29) is 12.1 Å². The second-order valence-electron chi connectivity index (χ2n) is 14.8. The van der Waals surface area contributed by atoms with Gasteiger partial charge in [-0.1, -0.05) is 153 Å². The van der Waals surface area contributed by atoms with Gasteiger partial charge in [-0.25, -0.2) is 0 Å². The van der Waals surface area contributed by atoms with E-state index in [1.54, 1.807) is 0 Å². The molecule has 0 atom stereocenters. The molecule has 0 bridgehead atoms. The van der Waals surface area contributed by atoms with Gasteiger partial charge >= 0.3 is 0 Å². The summed E-state index contributed by atoms with van der Waals surface area (Å²) in [5, 5.41) is 6.81. The highest BCUT2D eigenvalue weighted by Gasteiger charge is 2.46. The minimum absolute atomic E-state index is 0.144. The highest BCUT2D eigenvalue weighted by atomic mass is 15.0. The van der Waals surface area contributed by atoms with Crippen molar-refractivity contribution < 1.29 is 0 Å². The van der Waals surface area contributed by atoms with E-state index >= 15 is 0 Å². The van der Waals surface area contributed by atoms with E-state index in [2.05, 4.69) is 174 Å². The van der Waals surface area contributed by atoms with E-state index < -0.39 is 0 Å². The Kier molecular flexibility index (Phi) is 4.90. The van der Waals surface area contributed by atoms with Crippen LogP contribution in [0.3, 0.4) is 0 Å². The van der Waals surface area contributed by atoms with Crippen LogP contribution in [0.4, 0.5) is 0 Å². The van der Waals surface area contributed by atoms with Crippen LogP contribution in [-0.2, 0) is 5.41 Å². The normalized spacial score (nSPS) is 14.3. The van der Waals surface area contributed by atoms with Crippen molar-refractivity contribution in [3.8, 4) is 28.1 Å². The van der Waals surface area contributed by atoms with Gasteiger partial charge in [0, 0.05) is 54.6 Å². The highest BCUT2D eigenvalue weighted by Crippen LogP contribution is 2.50. The maximum Gasteiger partial charge on any atom is 0.247 e. The third-order valence-corrected chi connectivity index (χ3v) is 12.1. The number of fused-ring (bicyclic) bond motifs is 7. The fraction of sp³-hybridized carbons (Fsp3) is 0.0638. The molecule has 2 nitrogen and oxygen atoms in total. The van der Waals surface area contributed by atoms with Crippen LogP contribution in [-0.4, -0.2) is 15.7 Å². The third-order valence-electron chi connectivity index (χ3n) is 12.1. The lowest BCUT2D eigenvalue weighted by Crippen LogP contribution is -2.62. The van der Waals surface area contributed by atoms with Crippen LogP contribution in [0.1, 0.15) is 25.0 Å². The summed E-state index contributed by atoms with van der Waals surface area (Å²) in [5.41, 5.74) is 18.5. The first-order valence-corrected chi connectivity index (χ1v) is 17.7. The first kappa shape index (κ1) is 26.8. The standard InChI is InChI=1S/C47H31BN2/c1-47(2)35-25-24-34-32-21-12-20-31-33-22-13-23-37-45(33)50(44(31)32)46(34)42(35)48(37)36-26-27-38-40(41(36)47)39(28-14-6-3-7-15-28)43(29-16-8-4-9-17-29)49(38)30-18-10-5-11-19-30/h3-27H,1-2H3. The molecule has 10 aromatic rings. The fourth-order valence-electron chi connectivity index (χ4n) is 10.2. The number of rotatable bonds is 3. The quantitative estimate of drug-likeness (QED) is 0.171. The average molecular weight is 635 g/mol. The number of para-hydroxylation sites is 3. The van der Waals surface area contributed by atoms with Gasteiger partial charge < -0.3 is 8.97 Å². The summed E-state index contributed by atoms with van der Waals surface area (Å²) in [5.74, 6) is 0. The number of aromatic nitrogens is 2. The van der Waals surface area contributed by atoms with Crippen molar-refractivity contribution in [1.29, 1.82) is 0 Å². The zero-order valence-corrected chi connectivity index (χ0v) is 27.9. The lowest BCUT2D eigenvalue weighted by molar-refractivity contribution is 0.653. The Labute approximate surface area is 290 Å². The number of benzene rings is 7. The predicted molar refractivity (Wildman–Crippen MR) is 212 cm³/mol.